The van der Waals surface area contributed by atoms with Crippen LogP contribution in [-0.2, 0) is 0 Å². The van der Waals surface area contributed by atoms with Gasteiger partial charge in [-0.2, -0.15) is 0 Å². The van der Waals surface area contributed by atoms with E-state index in [0.717, 1.165) is 12.2 Å². The maximum Gasteiger partial charge on any atom is 0.316 e. The Hall–Kier alpha value is -1.75. The summed E-state index contributed by atoms with van der Waals surface area (Å²) in [6.45, 7) is 2.25. The SMILES string of the molecule is CN1CCCC(Nc2ccc(NC(N)=O)cc2)C1. The van der Waals surface area contributed by atoms with Gasteiger partial charge in [0.2, 0.25) is 0 Å². The molecule has 4 N–H and O–H groups in total. The first-order valence-electron chi connectivity index (χ1n) is 6.25. The molecular formula is C13H20N4O. The average molecular weight is 248 g/mol. The fraction of sp³-hybridized carbons (Fsp3) is 0.462. The topological polar surface area (TPSA) is 70.4 Å². The third-order valence-electron chi connectivity index (χ3n) is 3.15. The summed E-state index contributed by atoms with van der Waals surface area (Å²) in [5, 5.41) is 6.05. The normalized spacial score (nSPS) is 20.4. The van der Waals surface area contributed by atoms with Crippen molar-refractivity contribution in [3.8, 4) is 0 Å². The van der Waals surface area contributed by atoms with E-state index in [1.54, 1.807) is 0 Å². The molecule has 5 nitrogen and oxygen atoms in total. The summed E-state index contributed by atoms with van der Waals surface area (Å²) in [4.78, 5) is 13.0. The molecule has 0 aliphatic carbocycles. The molecule has 0 spiro atoms. The van der Waals surface area contributed by atoms with Crippen molar-refractivity contribution in [2.45, 2.75) is 18.9 Å². The number of nitrogens with two attached hydrogens (primary N) is 1. The fourth-order valence-electron chi connectivity index (χ4n) is 2.31. The summed E-state index contributed by atoms with van der Waals surface area (Å²) in [6, 6.07) is 7.57. The van der Waals surface area contributed by atoms with Gasteiger partial charge in [0.15, 0.2) is 0 Å². The summed E-state index contributed by atoms with van der Waals surface area (Å²) >= 11 is 0. The third kappa shape index (κ3) is 3.63. The van der Waals surface area contributed by atoms with Crippen LogP contribution in [0.4, 0.5) is 16.2 Å². The van der Waals surface area contributed by atoms with Gasteiger partial charge in [-0.25, -0.2) is 4.79 Å². The molecule has 0 radical (unpaired) electrons. The summed E-state index contributed by atoms with van der Waals surface area (Å²) in [7, 11) is 2.15. The van der Waals surface area contributed by atoms with Crippen LogP contribution in [-0.4, -0.2) is 37.1 Å². The van der Waals surface area contributed by atoms with E-state index in [0.29, 0.717) is 11.7 Å². The molecule has 1 atom stereocenters. The number of nitrogens with zero attached hydrogens (tertiary/aromatic N) is 1. The molecule has 1 aliphatic heterocycles. The Kier molecular flexibility index (Phi) is 4.04. The van der Waals surface area contributed by atoms with Gasteiger partial charge in [0.1, 0.15) is 0 Å². The van der Waals surface area contributed by atoms with Crippen molar-refractivity contribution in [1.82, 2.24) is 4.90 Å². The molecule has 18 heavy (non-hydrogen) atoms. The first-order chi connectivity index (χ1) is 8.63. The molecule has 0 bridgehead atoms. The van der Waals surface area contributed by atoms with Crippen LogP contribution >= 0.6 is 0 Å². The minimum atomic E-state index is -0.537. The molecule has 1 aromatic carbocycles. The van der Waals surface area contributed by atoms with E-state index in [1.807, 2.05) is 24.3 Å². The van der Waals surface area contributed by atoms with Gasteiger partial charge >= 0.3 is 6.03 Å². The monoisotopic (exact) mass is 248 g/mol. The minimum absolute atomic E-state index is 0.499. The first-order valence-corrected chi connectivity index (χ1v) is 6.25. The maximum atomic E-state index is 10.7. The second-order valence-electron chi connectivity index (χ2n) is 4.81. The van der Waals surface area contributed by atoms with E-state index in [4.69, 9.17) is 5.73 Å². The average Bonchev–Trinajstić information content (AvgIpc) is 2.31. The zero-order valence-corrected chi connectivity index (χ0v) is 10.6. The van der Waals surface area contributed by atoms with Crippen LogP contribution in [0.3, 0.4) is 0 Å². The fourth-order valence-corrected chi connectivity index (χ4v) is 2.31. The Morgan fingerprint density at radius 2 is 2.00 bits per heavy atom. The van der Waals surface area contributed by atoms with Crippen LogP contribution < -0.4 is 16.4 Å². The molecule has 5 heteroatoms. The predicted molar refractivity (Wildman–Crippen MR) is 73.8 cm³/mol. The van der Waals surface area contributed by atoms with E-state index in [2.05, 4.69) is 22.6 Å². The van der Waals surface area contributed by atoms with Crippen molar-refractivity contribution in [2.75, 3.05) is 30.8 Å². The Bertz CT molecular complexity index is 404. The number of amides is 2. The number of likely N-dealkylation sites (N-methyl/N-ethyl adjacent to an activating group) is 1. The highest BCUT2D eigenvalue weighted by atomic mass is 16.2. The van der Waals surface area contributed by atoms with E-state index >= 15 is 0 Å². The zero-order valence-electron chi connectivity index (χ0n) is 10.6. The number of nitrogens with one attached hydrogen (secondary N) is 2. The second-order valence-corrected chi connectivity index (χ2v) is 4.81. The standard InChI is InChI=1S/C13H20N4O/c1-17-8-2-3-12(9-17)15-10-4-6-11(7-5-10)16-13(14)18/h4-7,12,15H,2-3,8-9H2,1H3,(H3,14,16,18). The molecule has 0 aromatic heterocycles. The number of hydrogen-bond acceptors (Lipinski definition) is 3. The van der Waals surface area contributed by atoms with Crippen LogP contribution in [0.5, 0.6) is 0 Å². The van der Waals surface area contributed by atoms with E-state index < -0.39 is 6.03 Å². The number of urea groups is 1. The first kappa shape index (κ1) is 12.7. The number of carbonyl (C=O) groups is 1. The Morgan fingerprint density at radius 3 is 2.61 bits per heavy atom. The van der Waals surface area contributed by atoms with Crippen LogP contribution in [0.1, 0.15) is 12.8 Å². The number of carbonyl (C=O) groups excluding carboxylic acids is 1. The van der Waals surface area contributed by atoms with Crippen molar-refractivity contribution in [3.05, 3.63) is 24.3 Å². The minimum Gasteiger partial charge on any atom is -0.381 e. The summed E-state index contributed by atoms with van der Waals surface area (Å²) in [6.07, 6.45) is 2.43. The highest BCUT2D eigenvalue weighted by molar-refractivity contribution is 5.87. The Morgan fingerprint density at radius 1 is 1.33 bits per heavy atom. The molecule has 2 amide bonds. The molecule has 1 aliphatic rings. The molecule has 1 unspecified atom stereocenters. The molecule has 1 heterocycles. The van der Waals surface area contributed by atoms with Crippen LogP contribution in [0.15, 0.2) is 24.3 Å². The van der Waals surface area contributed by atoms with Crippen molar-refractivity contribution in [1.29, 1.82) is 0 Å². The van der Waals surface area contributed by atoms with E-state index in [-0.39, 0.29) is 0 Å². The van der Waals surface area contributed by atoms with Crippen molar-refractivity contribution in [2.24, 2.45) is 5.73 Å². The second kappa shape index (κ2) is 5.73. The number of benzene rings is 1. The molecule has 1 saturated heterocycles. The lowest BCUT2D eigenvalue weighted by Gasteiger charge is -2.30. The molecule has 98 valence electrons. The van der Waals surface area contributed by atoms with Gasteiger partial charge in [0.25, 0.3) is 0 Å². The zero-order chi connectivity index (χ0) is 13.0. The van der Waals surface area contributed by atoms with Gasteiger partial charge in [-0.1, -0.05) is 0 Å². The molecule has 0 saturated carbocycles. The van der Waals surface area contributed by atoms with Crippen molar-refractivity contribution in [3.63, 3.8) is 0 Å². The number of anilines is 2. The molecule has 1 aromatic rings. The lowest BCUT2D eigenvalue weighted by atomic mass is 10.1. The van der Waals surface area contributed by atoms with Crippen LogP contribution in [0.2, 0.25) is 0 Å². The highest BCUT2D eigenvalue weighted by Gasteiger charge is 2.16. The number of piperidine rings is 1. The van der Waals surface area contributed by atoms with E-state index in [9.17, 15) is 4.79 Å². The van der Waals surface area contributed by atoms with Gasteiger partial charge in [-0.3, -0.25) is 0 Å². The van der Waals surface area contributed by atoms with E-state index in [1.165, 1.54) is 19.4 Å². The number of rotatable bonds is 3. The Balaban J connectivity index is 1.91. The molecule has 2 rings (SSSR count). The number of hydrogen-bond donors (Lipinski definition) is 3. The van der Waals surface area contributed by atoms with Crippen molar-refractivity contribution < 1.29 is 4.79 Å². The number of primary amides is 1. The predicted octanol–water partition coefficient (Wildman–Crippen LogP) is 1.68. The van der Waals surface area contributed by atoms with Crippen molar-refractivity contribution >= 4 is 17.4 Å². The van der Waals surface area contributed by atoms with Crippen LogP contribution in [0, 0.1) is 0 Å². The molecule has 1 fully saturated rings. The van der Waals surface area contributed by atoms with Gasteiger partial charge in [0, 0.05) is 24.0 Å². The summed E-state index contributed by atoms with van der Waals surface area (Å²) in [5.74, 6) is 0. The van der Waals surface area contributed by atoms with Gasteiger partial charge < -0.3 is 21.3 Å². The third-order valence-corrected chi connectivity index (χ3v) is 3.15. The van der Waals surface area contributed by atoms with Gasteiger partial charge in [-0.05, 0) is 50.7 Å². The van der Waals surface area contributed by atoms with Crippen LogP contribution in [0.25, 0.3) is 0 Å². The lowest BCUT2D eigenvalue weighted by Crippen LogP contribution is -2.39. The maximum absolute atomic E-state index is 10.7. The van der Waals surface area contributed by atoms with Gasteiger partial charge in [0.05, 0.1) is 0 Å². The Labute approximate surface area is 107 Å². The smallest absolute Gasteiger partial charge is 0.316 e. The van der Waals surface area contributed by atoms with Gasteiger partial charge in [-0.15, -0.1) is 0 Å². The number of likely N-dealkylation sites (tertiary alicyclic amines) is 1. The summed E-state index contributed by atoms with van der Waals surface area (Å²) < 4.78 is 0. The lowest BCUT2D eigenvalue weighted by molar-refractivity contribution is 0.259. The summed E-state index contributed by atoms with van der Waals surface area (Å²) in [5.41, 5.74) is 6.85. The largest absolute Gasteiger partial charge is 0.381 e. The highest BCUT2D eigenvalue weighted by Crippen LogP contribution is 2.17. The quantitative estimate of drug-likeness (QED) is 0.762. The molecular weight excluding hydrogens is 228 g/mol.